The largest absolute Gasteiger partial charge is 0.313 e. The van der Waals surface area contributed by atoms with Crippen molar-refractivity contribution < 1.29 is 0 Å². The molecule has 0 aliphatic carbocycles. The molecule has 2 aromatic rings. The Bertz CT molecular complexity index is 583. The maximum Gasteiger partial charge on any atom is 0.0897 e. The van der Waals surface area contributed by atoms with E-state index in [1.54, 1.807) is 11.3 Å². The molecule has 21 heavy (non-hydrogen) atoms. The SMILES string of the molecule is CCCNC(Cc1ccc(Cl)c(Cl)c1)Cc1csc(C)n1. The molecule has 0 bridgehead atoms. The predicted octanol–water partition coefficient (Wildman–Crippen LogP) is 4.91. The summed E-state index contributed by atoms with van der Waals surface area (Å²) in [4.78, 5) is 4.56. The molecule has 1 unspecified atom stereocenters. The third kappa shape index (κ3) is 5.26. The van der Waals surface area contributed by atoms with Gasteiger partial charge in [0, 0.05) is 17.8 Å². The lowest BCUT2D eigenvalue weighted by Crippen LogP contribution is -2.34. The van der Waals surface area contributed by atoms with Crippen molar-refractivity contribution in [2.45, 2.75) is 39.2 Å². The molecule has 0 aliphatic heterocycles. The molecule has 1 heterocycles. The van der Waals surface area contributed by atoms with E-state index >= 15 is 0 Å². The molecule has 0 spiro atoms. The van der Waals surface area contributed by atoms with Crippen molar-refractivity contribution in [3.05, 3.63) is 49.9 Å². The molecule has 0 radical (unpaired) electrons. The van der Waals surface area contributed by atoms with Crippen LogP contribution in [0.2, 0.25) is 10.0 Å². The molecule has 5 heteroatoms. The second-order valence-electron chi connectivity index (χ2n) is 5.17. The van der Waals surface area contributed by atoms with Crippen molar-refractivity contribution in [1.82, 2.24) is 10.3 Å². The van der Waals surface area contributed by atoms with Gasteiger partial charge in [-0.15, -0.1) is 11.3 Å². The minimum absolute atomic E-state index is 0.365. The minimum Gasteiger partial charge on any atom is -0.313 e. The van der Waals surface area contributed by atoms with Crippen molar-refractivity contribution >= 4 is 34.5 Å². The zero-order valence-corrected chi connectivity index (χ0v) is 14.7. The van der Waals surface area contributed by atoms with E-state index in [2.05, 4.69) is 22.6 Å². The summed E-state index contributed by atoms with van der Waals surface area (Å²) in [6.07, 6.45) is 2.98. The Morgan fingerprint density at radius 2 is 2.05 bits per heavy atom. The van der Waals surface area contributed by atoms with E-state index in [1.807, 2.05) is 25.1 Å². The molecule has 0 saturated carbocycles. The Morgan fingerprint density at radius 1 is 1.24 bits per heavy atom. The number of rotatable bonds is 7. The Morgan fingerprint density at radius 3 is 2.67 bits per heavy atom. The standard InChI is InChI=1S/C16H20Cl2N2S/c1-3-6-19-13(9-14-10-21-11(2)20-14)7-12-4-5-15(17)16(18)8-12/h4-5,8,10,13,19H,3,6-7,9H2,1-2H3. The van der Waals surface area contributed by atoms with Crippen LogP contribution >= 0.6 is 34.5 Å². The van der Waals surface area contributed by atoms with Gasteiger partial charge in [0.25, 0.3) is 0 Å². The van der Waals surface area contributed by atoms with Crippen molar-refractivity contribution in [3.8, 4) is 0 Å². The highest BCUT2D eigenvalue weighted by atomic mass is 35.5. The second-order valence-corrected chi connectivity index (χ2v) is 7.04. The number of nitrogens with zero attached hydrogens (tertiary/aromatic N) is 1. The highest BCUT2D eigenvalue weighted by Gasteiger charge is 2.12. The van der Waals surface area contributed by atoms with Crippen LogP contribution in [0.1, 0.15) is 29.6 Å². The number of nitrogens with one attached hydrogen (secondary N) is 1. The molecule has 1 atom stereocenters. The summed E-state index contributed by atoms with van der Waals surface area (Å²) in [5.41, 5.74) is 2.36. The maximum atomic E-state index is 6.10. The summed E-state index contributed by atoms with van der Waals surface area (Å²) in [7, 11) is 0. The third-order valence-electron chi connectivity index (χ3n) is 3.27. The van der Waals surface area contributed by atoms with Crippen LogP contribution in [0.25, 0.3) is 0 Å². The Hall–Kier alpha value is -0.610. The van der Waals surface area contributed by atoms with Crippen LogP contribution in [-0.4, -0.2) is 17.6 Å². The van der Waals surface area contributed by atoms with Crippen molar-refractivity contribution in [1.29, 1.82) is 0 Å². The van der Waals surface area contributed by atoms with E-state index < -0.39 is 0 Å². The highest BCUT2D eigenvalue weighted by Crippen LogP contribution is 2.23. The maximum absolute atomic E-state index is 6.10. The Kier molecular flexibility index (Phi) is 6.49. The van der Waals surface area contributed by atoms with Crippen LogP contribution in [0, 0.1) is 6.92 Å². The molecule has 1 aromatic carbocycles. The summed E-state index contributed by atoms with van der Waals surface area (Å²) in [5.74, 6) is 0. The topological polar surface area (TPSA) is 24.9 Å². The number of hydrogen-bond donors (Lipinski definition) is 1. The highest BCUT2D eigenvalue weighted by molar-refractivity contribution is 7.09. The number of aryl methyl sites for hydroxylation is 1. The fourth-order valence-corrected chi connectivity index (χ4v) is 3.22. The first-order valence-corrected chi connectivity index (χ1v) is 8.80. The molecule has 114 valence electrons. The molecule has 1 aromatic heterocycles. The molecule has 0 saturated heterocycles. The molecular weight excluding hydrogens is 323 g/mol. The van der Waals surface area contributed by atoms with Crippen LogP contribution in [0.15, 0.2) is 23.6 Å². The van der Waals surface area contributed by atoms with Gasteiger partial charge in [0.15, 0.2) is 0 Å². The lowest BCUT2D eigenvalue weighted by atomic mass is 10.0. The van der Waals surface area contributed by atoms with Crippen LogP contribution in [0.4, 0.5) is 0 Å². The van der Waals surface area contributed by atoms with Gasteiger partial charge < -0.3 is 5.32 Å². The van der Waals surface area contributed by atoms with Crippen LogP contribution in [0.5, 0.6) is 0 Å². The lowest BCUT2D eigenvalue weighted by molar-refractivity contribution is 0.501. The molecule has 2 rings (SSSR count). The van der Waals surface area contributed by atoms with E-state index in [1.165, 1.54) is 5.56 Å². The van der Waals surface area contributed by atoms with Crippen molar-refractivity contribution in [2.24, 2.45) is 0 Å². The molecular formula is C16H20Cl2N2S. The van der Waals surface area contributed by atoms with Gasteiger partial charge >= 0.3 is 0 Å². The first-order valence-electron chi connectivity index (χ1n) is 7.16. The zero-order chi connectivity index (χ0) is 15.2. The number of benzene rings is 1. The molecule has 0 aliphatic rings. The van der Waals surface area contributed by atoms with Gasteiger partial charge in [0.05, 0.1) is 20.7 Å². The predicted molar refractivity (Wildman–Crippen MR) is 92.8 cm³/mol. The Labute approximate surface area is 140 Å². The molecule has 0 amide bonds. The number of thiazole rings is 1. The number of halogens is 2. The third-order valence-corrected chi connectivity index (χ3v) is 4.83. The summed E-state index contributed by atoms with van der Waals surface area (Å²) >= 11 is 13.8. The second kappa shape index (κ2) is 8.14. The van der Waals surface area contributed by atoms with Gasteiger partial charge in [-0.1, -0.05) is 36.2 Å². The average Bonchev–Trinajstić information content (AvgIpc) is 2.85. The quantitative estimate of drug-likeness (QED) is 0.772. The normalized spacial score (nSPS) is 12.6. The number of hydrogen-bond acceptors (Lipinski definition) is 3. The van der Waals surface area contributed by atoms with E-state index in [0.717, 1.165) is 36.5 Å². The van der Waals surface area contributed by atoms with Crippen molar-refractivity contribution in [3.63, 3.8) is 0 Å². The fourth-order valence-electron chi connectivity index (χ4n) is 2.27. The van der Waals surface area contributed by atoms with Gasteiger partial charge in [-0.25, -0.2) is 4.98 Å². The number of aromatic nitrogens is 1. The van der Waals surface area contributed by atoms with Crippen LogP contribution in [-0.2, 0) is 12.8 Å². The Balaban J connectivity index is 2.06. The zero-order valence-electron chi connectivity index (χ0n) is 12.3. The van der Waals surface area contributed by atoms with Crippen LogP contribution in [0.3, 0.4) is 0 Å². The molecule has 1 N–H and O–H groups in total. The first kappa shape index (κ1) is 16.8. The molecule has 0 fully saturated rings. The average molecular weight is 343 g/mol. The summed E-state index contributed by atoms with van der Waals surface area (Å²) in [6, 6.07) is 6.23. The summed E-state index contributed by atoms with van der Waals surface area (Å²) in [5, 5.41) is 8.08. The van der Waals surface area contributed by atoms with Gasteiger partial charge in [-0.05, 0) is 44.0 Å². The van der Waals surface area contributed by atoms with Crippen LogP contribution < -0.4 is 5.32 Å². The van der Waals surface area contributed by atoms with E-state index in [9.17, 15) is 0 Å². The summed E-state index contributed by atoms with van der Waals surface area (Å²) in [6.45, 7) is 5.23. The van der Waals surface area contributed by atoms with Gasteiger partial charge in [0.1, 0.15) is 0 Å². The molecule has 2 nitrogen and oxygen atoms in total. The summed E-state index contributed by atoms with van der Waals surface area (Å²) < 4.78 is 0. The first-order chi connectivity index (χ1) is 10.1. The smallest absolute Gasteiger partial charge is 0.0897 e. The van der Waals surface area contributed by atoms with Gasteiger partial charge in [-0.2, -0.15) is 0 Å². The van der Waals surface area contributed by atoms with Crippen molar-refractivity contribution in [2.75, 3.05) is 6.54 Å². The lowest BCUT2D eigenvalue weighted by Gasteiger charge is -2.18. The van der Waals surface area contributed by atoms with E-state index in [0.29, 0.717) is 16.1 Å². The van der Waals surface area contributed by atoms with E-state index in [4.69, 9.17) is 23.2 Å². The van der Waals surface area contributed by atoms with Gasteiger partial charge in [-0.3, -0.25) is 0 Å². The fraction of sp³-hybridized carbons (Fsp3) is 0.438. The minimum atomic E-state index is 0.365. The van der Waals surface area contributed by atoms with E-state index in [-0.39, 0.29) is 0 Å². The monoisotopic (exact) mass is 342 g/mol. The van der Waals surface area contributed by atoms with Gasteiger partial charge in [0.2, 0.25) is 0 Å².